The Morgan fingerprint density at radius 3 is 2.84 bits per heavy atom. The van der Waals surface area contributed by atoms with E-state index in [0.717, 1.165) is 12.8 Å². The molecule has 0 radical (unpaired) electrons. The van der Waals surface area contributed by atoms with Crippen molar-refractivity contribution in [3.8, 4) is 0 Å². The second-order valence-electron chi connectivity index (χ2n) is 5.14. The molecule has 1 N–H and O–H groups in total. The van der Waals surface area contributed by atoms with E-state index in [1.54, 1.807) is 13.0 Å². The van der Waals surface area contributed by atoms with Gasteiger partial charge in [-0.2, -0.15) is 0 Å². The van der Waals surface area contributed by atoms with E-state index in [1.165, 1.54) is 4.90 Å². The van der Waals surface area contributed by atoms with E-state index in [-0.39, 0.29) is 53.1 Å². The number of aliphatic carboxylic acids is 1. The maximum atomic E-state index is 12.0. The van der Waals surface area contributed by atoms with Gasteiger partial charge in [0.1, 0.15) is 0 Å². The molecular weight excluding hydrogens is 257 g/mol. The number of hydrogen-bond acceptors (Lipinski definition) is 4. The second kappa shape index (κ2) is 5.05. The number of aliphatic hydroxyl groups is 1. The van der Waals surface area contributed by atoms with Crippen molar-refractivity contribution < 1.29 is 49.4 Å². The second-order valence-corrected chi connectivity index (χ2v) is 5.14. The van der Waals surface area contributed by atoms with E-state index < -0.39 is 18.0 Å². The molecule has 3 rings (SSSR count). The number of nitrogens with zero attached hydrogens (tertiary/aromatic N) is 1. The van der Waals surface area contributed by atoms with Crippen LogP contribution < -0.4 is 34.7 Å². The normalized spacial score (nSPS) is 33.3. The van der Waals surface area contributed by atoms with Gasteiger partial charge < -0.3 is 19.9 Å². The van der Waals surface area contributed by atoms with Crippen LogP contribution in [0.15, 0.2) is 23.4 Å². The van der Waals surface area contributed by atoms with E-state index in [0.29, 0.717) is 5.57 Å². The zero-order valence-corrected chi connectivity index (χ0v) is 13.0. The first kappa shape index (κ1) is 14.8. The molecule has 4 atom stereocenters. The molecule has 0 saturated carbocycles. The van der Waals surface area contributed by atoms with Gasteiger partial charge in [-0.25, -0.2) is 0 Å². The van der Waals surface area contributed by atoms with Crippen LogP contribution in [0.3, 0.4) is 0 Å². The molecule has 2 aliphatic heterocycles. The molecule has 5 nitrogen and oxygen atoms in total. The van der Waals surface area contributed by atoms with Crippen LogP contribution in [0, 0.1) is 11.8 Å². The van der Waals surface area contributed by atoms with Gasteiger partial charge in [0, 0.05) is 5.92 Å². The Morgan fingerprint density at radius 2 is 2.26 bits per heavy atom. The molecule has 2 heterocycles. The number of rotatable bonds is 2. The molecule has 1 fully saturated rings. The first-order valence-corrected chi connectivity index (χ1v) is 6.17. The maximum absolute atomic E-state index is 12.0. The zero-order chi connectivity index (χ0) is 13.0. The van der Waals surface area contributed by atoms with Gasteiger partial charge in [0.25, 0.3) is 0 Å². The minimum Gasteiger partial charge on any atom is -0.543 e. The van der Waals surface area contributed by atoms with Crippen molar-refractivity contribution in [3.05, 3.63) is 23.4 Å². The summed E-state index contributed by atoms with van der Waals surface area (Å²) in [5.74, 6) is -2.06. The Labute approximate surface area is 133 Å². The average molecular weight is 271 g/mol. The predicted molar refractivity (Wildman–Crippen MR) is 59.7 cm³/mol. The van der Waals surface area contributed by atoms with Crippen molar-refractivity contribution in [2.45, 2.75) is 31.9 Å². The molecule has 3 aliphatic rings. The number of amides is 1. The molecular formula is C13H14NNaO4. The third-order valence-electron chi connectivity index (χ3n) is 4.17. The molecule has 1 saturated heterocycles. The summed E-state index contributed by atoms with van der Waals surface area (Å²) in [5, 5.41) is 20.9. The fraction of sp³-hybridized carbons (Fsp3) is 0.538. The maximum Gasteiger partial charge on any atom is 1.00 e. The van der Waals surface area contributed by atoms with Crippen LogP contribution in [0.1, 0.15) is 19.8 Å². The van der Waals surface area contributed by atoms with Crippen molar-refractivity contribution in [1.82, 2.24) is 4.90 Å². The smallest absolute Gasteiger partial charge is 0.543 e. The number of aliphatic hydroxyl groups excluding tert-OH is 1. The summed E-state index contributed by atoms with van der Waals surface area (Å²) in [4.78, 5) is 24.5. The van der Waals surface area contributed by atoms with Gasteiger partial charge in [-0.15, -0.1) is 0 Å². The van der Waals surface area contributed by atoms with Crippen molar-refractivity contribution in [1.29, 1.82) is 0 Å². The van der Waals surface area contributed by atoms with E-state index in [2.05, 4.69) is 0 Å². The van der Waals surface area contributed by atoms with E-state index in [1.807, 2.05) is 6.08 Å². The van der Waals surface area contributed by atoms with Gasteiger partial charge in [-0.05, 0) is 25.3 Å². The van der Waals surface area contributed by atoms with Crippen LogP contribution in [-0.2, 0) is 9.59 Å². The van der Waals surface area contributed by atoms with E-state index >= 15 is 0 Å². The van der Waals surface area contributed by atoms with Gasteiger partial charge in [0.2, 0.25) is 5.91 Å². The van der Waals surface area contributed by atoms with Gasteiger partial charge in [0.05, 0.1) is 29.7 Å². The zero-order valence-electron chi connectivity index (χ0n) is 11.0. The number of allylic oxidation sites excluding steroid dienone is 2. The SMILES string of the molecule is C[C@@H](O)[C@H]1C(=O)N2C(C(=O)[O-])=C3C=CCC[C@@H]3[C@H]12.[Na+]. The summed E-state index contributed by atoms with van der Waals surface area (Å²) in [6, 6.07) is -0.203. The fourth-order valence-electron chi connectivity index (χ4n) is 3.44. The summed E-state index contributed by atoms with van der Waals surface area (Å²) in [7, 11) is 0. The number of carboxylic acids is 1. The molecule has 96 valence electrons. The van der Waals surface area contributed by atoms with E-state index in [4.69, 9.17) is 0 Å². The minimum absolute atomic E-state index is 0. The Morgan fingerprint density at radius 1 is 1.58 bits per heavy atom. The number of carbonyl (C=O) groups is 2. The summed E-state index contributed by atoms with van der Waals surface area (Å²) < 4.78 is 0. The van der Waals surface area contributed by atoms with Crippen LogP contribution in [0.25, 0.3) is 0 Å². The van der Waals surface area contributed by atoms with Crippen LogP contribution in [0.4, 0.5) is 0 Å². The largest absolute Gasteiger partial charge is 1.00 e. The summed E-state index contributed by atoms with van der Waals surface area (Å²) in [6.45, 7) is 1.58. The summed E-state index contributed by atoms with van der Waals surface area (Å²) in [5.41, 5.74) is 0.686. The quantitative estimate of drug-likeness (QED) is 0.412. The monoisotopic (exact) mass is 271 g/mol. The molecule has 0 unspecified atom stereocenters. The fourth-order valence-corrected chi connectivity index (χ4v) is 3.44. The molecule has 6 heteroatoms. The van der Waals surface area contributed by atoms with Gasteiger partial charge in [-0.1, -0.05) is 12.2 Å². The number of β-lactam (4-membered cyclic amide) rings is 1. The molecule has 1 aliphatic carbocycles. The molecule has 0 aromatic heterocycles. The van der Waals surface area contributed by atoms with Crippen molar-refractivity contribution in [3.63, 3.8) is 0 Å². The third-order valence-corrected chi connectivity index (χ3v) is 4.17. The molecule has 0 spiro atoms. The first-order valence-electron chi connectivity index (χ1n) is 6.17. The van der Waals surface area contributed by atoms with Crippen LogP contribution in [0.5, 0.6) is 0 Å². The number of carboxylic acid groups (broad SMARTS) is 1. The van der Waals surface area contributed by atoms with Crippen LogP contribution in [-0.4, -0.2) is 34.0 Å². The van der Waals surface area contributed by atoms with Crippen LogP contribution in [0.2, 0.25) is 0 Å². The molecule has 1 amide bonds. The average Bonchev–Trinajstić information content (AvgIpc) is 2.60. The standard InChI is InChI=1S/C13H15NO4.Na/c1-6(15)9-10-7-4-2-3-5-8(7)11(13(17)18)14(10)12(9)16;/h3,5-7,9-10,15H,2,4H2,1H3,(H,17,18);/q;+1/p-1/t6-,7+,9-,10-;/m1./s1. The molecule has 0 bridgehead atoms. The van der Waals surface area contributed by atoms with Gasteiger partial charge in [0.15, 0.2) is 0 Å². The molecule has 19 heavy (non-hydrogen) atoms. The van der Waals surface area contributed by atoms with Gasteiger partial charge in [-0.3, -0.25) is 4.79 Å². The Kier molecular flexibility index (Phi) is 3.93. The minimum atomic E-state index is -1.30. The Hall–Kier alpha value is -0.620. The summed E-state index contributed by atoms with van der Waals surface area (Å²) >= 11 is 0. The van der Waals surface area contributed by atoms with Crippen molar-refractivity contribution in [2.24, 2.45) is 11.8 Å². The van der Waals surface area contributed by atoms with E-state index in [9.17, 15) is 19.8 Å². The Bertz CT molecular complexity index is 497. The molecule has 0 aromatic carbocycles. The van der Waals surface area contributed by atoms with Gasteiger partial charge >= 0.3 is 29.6 Å². The third kappa shape index (κ3) is 1.91. The number of hydrogen-bond donors (Lipinski definition) is 1. The Balaban J connectivity index is 0.00000133. The number of carbonyl (C=O) groups excluding carboxylic acids is 2. The molecule has 0 aromatic rings. The first-order chi connectivity index (χ1) is 8.54. The van der Waals surface area contributed by atoms with Crippen molar-refractivity contribution in [2.75, 3.05) is 0 Å². The van der Waals surface area contributed by atoms with Crippen LogP contribution >= 0.6 is 0 Å². The summed E-state index contributed by atoms with van der Waals surface area (Å²) in [6.07, 6.45) is 4.65. The topological polar surface area (TPSA) is 80.7 Å². The number of fused-ring (bicyclic) bond motifs is 3. The predicted octanol–water partition coefficient (Wildman–Crippen LogP) is -3.82. The van der Waals surface area contributed by atoms with Crippen molar-refractivity contribution >= 4 is 11.9 Å².